The van der Waals surface area contributed by atoms with Crippen molar-refractivity contribution < 1.29 is 66.5 Å². The number of halogens is 4. The summed E-state index contributed by atoms with van der Waals surface area (Å²) >= 11 is 6.00. The van der Waals surface area contributed by atoms with Crippen LogP contribution >= 0.6 is 24.0 Å². The number of fused-ring (bicyclic) bond motifs is 4. The van der Waals surface area contributed by atoms with Crippen LogP contribution in [0.4, 0.5) is 14.6 Å². The molecule has 12 aromatic rings. The van der Waals surface area contributed by atoms with E-state index < -0.39 is 10.8 Å². The zero-order valence-electron chi connectivity index (χ0n) is 59.3. The van der Waals surface area contributed by atoms with Crippen molar-refractivity contribution in [3.05, 3.63) is 270 Å². The number of Topliss-reactive ketones (excluding diaryl/α,β-unsaturated/α-hetero) is 4. The Morgan fingerprint density at radius 3 is 1.48 bits per heavy atom. The molecule has 2 fully saturated rings. The molecular formula is C80H69Cl2F2N11O14. The lowest BCUT2D eigenvalue weighted by Gasteiger charge is -2.14. The Morgan fingerprint density at radius 1 is 0.550 bits per heavy atom. The second-order valence-electron chi connectivity index (χ2n) is 24.6. The second kappa shape index (κ2) is 37.2. The largest absolute Gasteiger partial charge is 0.508 e. The minimum absolute atomic E-state index is 0. The van der Waals surface area contributed by atoms with Crippen LogP contribution < -0.4 is 35.7 Å². The summed E-state index contributed by atoms with van der Waals surface area (Å²) in [6, 6.07) is 38.2. The maximum Gasteiger partial charge on any atom is 0.373 e. The fourth-order valence-corrected chi connectivity index (χ4v) is 11.4. The molecule has 25 nitrogen and oxygen atoms in total. The number of aromatic amines is 2. The molecule has 2 aliphatic carbocycles. The average Bonchev–Trinajstić information content (AvgIpc) is 1.67. The van der Waals surface area contributed by atoms with Gasteiger partial charge in [0.25, 0.3) is 17.6 Å². The summed E-state index contributed by atoms with van der Waals surface area (Å²) in [7, 11) is 6.11. The van der Waals surface area contributed by atoms with Gasteiger partial charge in [-0.05, 0) is 140 Å². The van der Waals surface area contributed by atoms with Crippen molar-refractivity contribution in [1.82, 2.24) is 50.5 Å². The molecule has 0 radical (unpaired) electrons. The minimum atomic E-state index is -0.939. The lowest BCUT2D eigenvalue weighted by molar-refractivity contribution is -0.191. The van der Waals surface area contributed by atoms with Crippen LogP contribution in [0.5, 0.6) is 28.7 Å². The third-order valence-corrected chi connectivity index (χ3v) is 17.7. The van der Waals surface area contributed by atoms with Crippen molar-refractivity contribution >= 4 is 115 Å². The van der Waals surface area contributed by atoms with Crippen LogP contribution in [0, 0.1) is 42.9 Å². The van der Waals surface area contributed by atoms with Gasteiger partial charge in [-0.15, -0.1) is 17.4 Å². The number of methoxy groups -OCH3 is 2. The number of nitrogens with one attached hydrogen (secondary N) is 4. The van der Waals surface area contributed by atoms with Gasteiger partial charge in [-0.1, -0.05) is 66.7 Å². The van der Waals surface area contributed by atoms with Crippen LogP contribution in [-0.2, 0) is 54.5 Å². The maximum atomic E-state index is 13.2. The lowest BCUT2D eigenvalue weighted by Crippen LogP contribution is -2.28. The van der Waals surface area contributed by atoms with E-state index >= 15 is 0 Å². The monoisotopic (exact) mass is 1520 g/mol. The number of amides is 2. The van der Waals surface area contributed by atoms with E-state index in [9.17, 15) is 52.2 Å². The van der Waals surface area contributed by atoms with Gasteiger partial charge in [0.05, 0.1) is 58.3 Å². The fourth-order valence-electron chi connectivity index (χ4n) is 11.2. The number of nitrogens with zero attached hydrogens (tertiary/aromatic N) is 7. The molecule has 556 valence electrons. The number of phenols is 1. The maximum absolute atomic E-state index is 13.2. The van der Waals surface area contributed by atoms with Crippen LogP contribution in [-0.4, -0.2) is 114 Å². The van der Waals surface area contributed by atoms with Crippen LogP contribution in [0.15, 0.2) is 186 Å². The molecule has 0 bridgehead atoms. The highest BCUT2D eigenvalue weighted by Crippen LogP contribution is 2.50. The summed E-state index contributed by atoms with van der Waals surface area (Å²) in [5.74, 6) is 0.721. The van der Waals surface area contributed by atoms with Crippen molar-refractivity contribution in [2.24, 2.45) is 10.8 Å². The van der Waals surface area contributed by atoms with E-state index in [-0.39, 0.29) is 119 Å². The Kier molecular flexibility index (Phi) is 27.8. The van der Waals surface area contributed by atoms with E-state index in [1.54, 1.807) is 150 Å². The quantitative estimate of drug-likeness (QED) is 0.0393. The van der Waals surface area contributed by atoms with Crippen LogP contribution in [0.2, 0.25) is 5.02 Å². The smallest absolute Gasteiger partial charge is 0.373 e. The molecule has 0 aliphatic heterocycles. The molecule has 109 heavy (non-hydrogen) atoms. The molecule has 2 aliphatic rings. The molecule has 2 amide bonds. The zero-order chi connectivity index (χ0) is 77.8. The molecule has 0 unspecified atom stereocenters. The predicted molar refractivity (Wildman–Crippen MR) is 402 cm³/mol. The number of ether oxygens (including phenoxy) is 3. The predicted octanol–water partition coefficient (Wildman–Crippen LogP) is 12.4. The Labute approximate surface area is 631 Å². The highest BCUT2D eigenvalue weighted by atomic mass is 35.5. The first-order valence-corrected chi connectivity index (χ1v) is 33.5. The number of pyridine rings is 8. The fraction of sp³-hybridized carbons (Fsp3) is 0.200. The number of aromatic hydroxyl groups is 1. The van der Waals surface area contributed by atoms with Crippen LogP contribution in [0.25, 0.3) is 49.0 Å². The molecule has 14 rings (SSSR count). The summed E-state index contributed by atoms with van der Waals surface area (Å²) in [6.07, 6.45) is 11.0. The highest BCUT2D eigenvalue weighted by Gasteiger charge is 2.55. The number of rotatable bonds is 18. The third-order valence-electron chi connectivity index (χ3n) is 17.4. The SMILES string of the molecule is CNC(=O)c1nc2c(Cl)ccnc2cc1OC.CNC(=O)c1nc2c(Oc3ccc(CC(=O)C4(C(=O)Cc5ccc(F)cc5)CC4)cc3)ccnc2cc1C.COc1cnc2c(=O)cc[nH]c2c1.Cl.O=C(Cc1ccc(O)cc1)C1(C(=O)Cc2ccc(F)cc2)CC1.O=C=O.[C-]#[N+]c1nc2c(=O)cc[nH]c2cc1C. The van der Waals surface area contributed by atoms with Crippen LogP contribution in [0.3, 0.4) is 0 Å². The van der Waals surface area contributed by atoms with Gasteiger partial charge in [0.2, 0.25) is 16.4 Å². The van der Waals surface area contributed by atoms with Gasteiger partial charge >= 0.3 is 6.15 Å². The number of aryl methyl sites for hydroxylation is 2. The molecule has 0 saturated heterocycles. The minimum Gasteiger partial charge on any atom is -0.508 e. The molecule has 8 aromatic heterocycles. The third kappa shape index (κ3) is 20.5. The van der Waals surface area contributed by atoms with Crippen molar-refractivity contribution in [3.63, 3.8) is 0 Å². The Bertz CT molecular complexity index is 5510. The van der Waals surface area contributed by atoms with Gasteiger partial charge in [-0.2, -0.15) is 9.59 Å². The van der Waals surface area contributed by atoms with E-state index in [1.165, 1.54) is 68.9 Å². The number of H-pyrrole nitrogens is 2. The molecule has 2 saturated carbocycles. The van der Waals surface area contributed by atoms with Gasteiger partial charge < -0.3 is 44.8 Å². The number of benzene rings is 4. The number of ketones is 4. The standard InChI is InChI=1S/C30H26FN3O4.C19H17FO3.C11H10ClN3O2.C10H7N3O.C9H8N2O2.CO2.ClH/c1-18-15-23-28(34-27(18)29(37)32-2)24(11-14-33-23)38-22-9-5-20(6-10-22)17-26(36)30(12-13-30)25(35)16-19-3-7-21(31)8-4-19;20-15-5-1-13(2-6-15)11-17(22)19(9-10-19)18(23)12-14-3-7-16(21)8-4-14;1-13-11(16)10-8(17-2)5-7-9(15-10)6(12)3-4-14-7;1-6-5-7-9(13-10(6)11-2)8(14)3-4-12-7;1-13-6-4-7-9(11-5-6)8(12)2-3-10-7;2-1-3;/h3-11,14-15H,12-13,16-17H2,1-2H3,(H,32,37);1-8,21H,9-12H2;3-5H,1-2H3,(H,13,16);3-5H,1H3,(H,12,14);2-5H,1H3,(H,10,12);;1H. The second-order valence-corrected chi connectivity index (χ2v) is 25.0. The summed E-state index contributed by atoms with van der Waals surface area (Å²) in [5, 5.41) is 14.8. The summed E-state index contributed by atoms with van der Waals surface area (Å²) < 4.78 is 42.2. The first kappa shape index (κ1) is 81.5. The van der Waals surface area contributed by atoms with Crippen LogP contribution in [0.1, 0.15) is 80.0 Å². The molecular weight excluding hydrogens is 1450 g/mol. The van der Waals surface area contributed by atoms with Crippen molar-refractivity contribution in [3.8, 4) is 28.7 Å². The number of carbonyl (C=O) groups is 6. The number of hydrogen-bond acceptors (Lipinski definition) is 20. The Hall–Kier alpha value is -13.2. The topological polar surface area (TPSA) is 356 Å². The molecule has 29 heteroatoms. The van der Waals surface area contributed by atoms with Gasteiger partial charge in [0, 0.05) is 94.9 Å². The zero-order valence-corrected chi connectivity index (χ0v) is 60.9. The van der Waals surface area contributed by atoms with Gasteiger partial charge in [0.15, 0.2) is 40.3 Å². The van der Waals surface area contributed by atoms with Gasteiger partial charge in [-0.3, -0.25) is 48.3 Å². The molecule has 0 spiro atoms. The van der Waals surface area contributed by atoms with Gasteiger partial charge in [0.1, 0.15) is 51.1 Å². The molecule has 8 heterocycles. The van der Waals surface area contributed by atoms with E-state index in [0.29, 0.717) is 115 Å². The van der Waals surface area contributed by atoms with E-state index in [0.717, 1.165) is 22.3 Å². The first-order chi connectivity index (χ1) is 51.9. The number of aromatic nitrogens is 8. The Morgan fingerprint density at radius 2 is 1.00 bits per heavy atom. The Balaban J connectivity index is 0.000000181. The van der Waals surface area contributed by atoms with Crippen molar-refractivity contribution in [1.29, 1.82) is 0 Å². The van der Waals surface area contributed by atoms with Gasteiger partial charge in [-0.25, -0.2) is 23.7 Å². The lowest BCUT2D eigenvalue weighted by atomic mass is 9.88. The summed E-state index contributed by atoms with van der Waals surface area (Å²) in [5.41, 5.74) is 7.15. The van der Waals surface area contributed by atoms with E-state index in [4.69, 9.17) is 42.0 Å². The average molecular weight is 1520 g/mol. The van der Waals surface area contributed by atoms with Crippen molar-refractivity contribution in [2.45, 2.75) is 65.2 Å². The summed E-state index contributed by atoms with van der Waals surface area (Å²) in [6.45, 7) is 10.5. The molecule has 5 N–H and O–H groups in total. The molecule has 4 aromatic carbocycles. The number of phenolic OH excluding ortho intramolecular Hbond substituents is 1. The number of hydrogen-bond donors (Lipinski definition) is 5. The molecule has 0 atom stereocenters. The number of carbonyl (C=O) groups excluding carboxylic acids is 8. The van der Waals surface area contributed by atoms with Crippen molar-refractivity contribution in [2.75, 3.05) is 28.3 Å². The van der Waals surface area contributed by atoms with E-state index in [2.05, 4.69) is 55.4 Å². The first-order valence-electron chi connectivity index (χ1n) is 33.1. The highest BCUT2D eigenvalue weighted by molar-refractivity contribution is 6.35. The summed E-state index contributed by atoms with van der Waals surface area (Å²) in [4.78, 5) is 148. The normalized spacial score (nSPS) is 12.1. The van der Waals surface area contributed by atoms with E-state index in [1.807, 2.05) is 0 Å².